The van der Waals surface area contributed by atoms with E-state index < -0.39 is 0 Å². The summed E-state index contributed by atoms with van der Waals surface area (Å²) in [4.78, 5) is 11.1. The summed E-state index contributed by atoms with van der Waals surface area (Å²) >= 11 is 0. The zero-order valence-electron chi connectivity index (χ0n) is 12.7. The van der Waals surface area contributed by atoms with Gasteiger partial charge in [0, 0.05) is 11.8 Å². The molecular formula is C16H31NO2. The molecule has 0 aromatic heterocycles. The summed E-state index contributed by atoms with van der Waals surface area (Å²) in [5.41, 5.74) is 5.88. The maximum absolute atomic E-state index is 11.1. The Morgan fingerprint density at radius 1 is 0.947 bits per heavy atom. The van der Waals surface area contributed by atoms with E-state index in [-0.39, 0.29) is 5.97 Å². The second kappa shape index (κ2) is 13.4. The number of rotatable bonds is 12. The van der Waals surface area contributed by atoms with Gasteiger partial charge in [0.15, 0.2) is 0 Å². The van der Waals surface area contributed by atoms with Crippen LogP contribution < -0.4 is 5.73 Å². The molecule has 0 amide bonds. The lowest BCUT2D eigenvalue weighted by Gasteiger charge is -2.03. The van der Waals surface area contributed by atoms with Gasteiger partial charge in [0.1, 0.15) is 0 Å². The highest BCUT2D eigenvalue weighted by Gasteiger charge is 1.98. The monoisotopic (exact) mass is 269 g/mol. The van der Waals surface area contributed by atoms with Crippen LogP contribution in [-0.2, 0) is 9.53 Å². The molecule has 0 atom stereocenters. The third-order valence-corrected chi connectivity index (χ3v) is 3.09. The summed E-state index contributed by atoms with van der Waals surface area (Å²) in [5, 5.41) is 0. The van der Waals surface area contributed by atoms with Gasteiger partial charge in [-0.2, -0.15) is 0 Å². The highest BCUT2D eigenvalue weighted by molar-refractivity contribution is 5.82. The minimum Gasteiger partial charge on any atom is -0.462 e. The molecule has 3 heteroatoms. The molecule has 0 saturated heterocycles. The number of hydrogen-bond donors (Lipinski definition) is 1. The van der Waals surface area contributed by atoms with Gasteiger partial charge in [0.2, 0.25) is 0 Å². The van der Waals surface area contributed by atoms with Crippen LogP contribution in [0.1, 0.15) is 78.1 Å². The Morgan fingerprint density at radius 2 is 1.42 bits per heavy atom. The van der Waals surface area contributed by atoms with Gasteiger partial charge >= 0.3 is 5.97 Å². The standard InChI is InChI=1S/C16H31NO2/c1-3-4-5-6-7-8-9-10-11-12-13-19-16(18)14-15(2)17/h14H,3-13,17H2,1-2H3. The van der Waals surface area contributed by atoms with Crippen molar-refractivity contribution in [1.82, 2.24) is 0 Å². The molecule has 0 fully saturated rings. The van der Waals surface area contributed by atoms with Gasteiger partial charge < -0.3 is 10.5 Å². The van der Waals surface area contributed by atoms with Crippen molar-refractivity contribution in [3.8, 4) is 0 Å². The van der Waals surface area contributed by atoms with Crippen LogP contribution in [0.2, 0.25) is 0 Å². The third-order valence-electron chi connectivity index (χ3n) is 3.09. The minimum atomic E-state index is -0.323. The third kappa shape index (κ3) is 15.0. The zero-order chi connectivity index (χ0) is 14.3. The number of ether oxygens (including phenoxy) is 1. The first-order valence-electron chi connectivity index (χ1n) is 7.77. The number of nitrogens with two attached hydrogens (primary N) is 1. The summed E-state index contributed by atoms with van der Waals surface area (Å²) in [7, 11) is 0. The van der Waals surface area contributed by atoms with Crippen LogP contribution in [0, 0.1) is 0 Å². The predicted molar refractivity (Wildman–Crippen MR) is 80.7 cm³/mol. The largest absolute Gasteiger partial charge is 0.462 e. The summed E-state index contributed by atoms with van der Waals surface area (Å²) in [6.07, 6.45) is 14.2. The maximum atomic E-state index is 11.1. The molecule has 112 valence electrons. The maximum Gasteiger partial charge on any atom is 0.332 e. The molecule has 0 heterocycles. The SMILES string of the molecule is CCCCCCCCCCCCOC(=O)C=C(C)N. The van der Waals surface area contributed by atoms with E-state index in [1.807, 2.05) is 0 Å². The van der Waals surface area contributed by atoms with Crippen LogP contribution >= 0.6 is 0 Å². The molecule has 0 aliphatic heterocycles. The van der Waals surface area contributed by atoms with E-state index in [1.54, 1.807) is 6.92 Å². The molecule has 0 aliphatic rings. The van der Waals surface area contributed by atoms with Crippen molar-refractivity contribution in [2.45, 2.75) is 78.1 Å². The van der Waals surface area contributed by atoms with Crippen LogP contribution in [0.15, 0.2) is 11.8 Å². The Balaban J connectivity index is 3.15. The first-order valence-corrected chi connectivity index (χ1v) is 7.77. The molecule has 0 aromatic rings. The van der Waals surface area contributed by atoms with Gasteiger partial charge in [-0.3, -0.25) is 0 Å². The molecule has 0 rings (SSSR count). The summed E-state index contributed by atoms with van der Waals surface area (Å²) < 4.78 is 5.03. The van der Waals surface area contributed by atoms with Crippen molar-refractivity contribution in [2.75, 3.05) is 6.61 Å². The molecule has 0 spiro atoms. The summed E-state index contributed by atoms with van der Waals surface area (Å²) in [6.45, 7) is 4.44. The van der Waals surface area contributed by atoms with Gasteiger partial charge in [0.05, 0.1) is 6.61 Å². The second-order valence-corrected chi connectivity index (χ2v) is 5.24. The number of hydrogen-bond acceptors (Lipinski definition) is 3. The van der Waals surface area contributed by atoms with Crippen molar-refractivity contribution >= 4 is 5.97 Å². The van der Waals surface area contributed by atoms with Crippen LogP contribution in [-0.4, -0.2) is 12.6 Å². The molecule has 19 heavy (non-hydrogen) atoms. The van der Waals surface area contributed by atoms with E-state index in [4.69, 9.17) is 10.5 Å². The fourth-order valence-electron chi connectivity index (χ4n) is 1.99. The minimum absolute atomic E-state index is 0.323. The topological polar surface area (TPSA) is 52.3 Å². The first kappa shape index (κ1) is 18.0. The van der Waals surface area contributed by atoms with Gasteiger partial charge in [0.25, 0.3) is 0 Å². The highest BCUT2D eigenvalue weighted by atomic mass is 16.5. The molecule has 0 aromatic carbocycles. The van der Waals surface area contributed by atoms with Crippen molar-refractivity contribution in [2.24, 2.45) is 5.73 Å². The fourth-order valence-corrected chi connectivity index (χ4v) is 1.99. The summed E-state index contributed by atoms with van der Waals surface area (Å²) in [5.74, 6) is -0.323. The van der Waals surface area contributed by atoms with Gasteiger partial charge in [-0.15, -0.1) is 0 Å². The van der Waals surface area contributed by atoms with Crippen molar-refractivity contribution in [1.29, 1.82) is 0 Å². The molecular weight excluding hydrogens is 238 g/mol. The Kier molecular flexibility index (Phi) is 12.7. The van der Waals surface area contributed by atoms with Crippen LogP contribution in [0.3, 0.4) is 0 Å². The van der Waals surface area contributed by atoms with E-state index in [0.29, 0.717) is 12.3 Å². The zero-order valence-corrected chi connectivity index (χ0v) is 12.7. The highest BCUT2D eigenvalue weighted by Crippen LogP contribution is 2.10. The van der Waals surface area contributed by atoms with Crippen LogP contribution in [0.25, 0.3) is 0 Å². The first-order chi connectivity index (χ1) is 9.16. The van der Waals surface area contributed by atoms with Gasteiger partial charge in [-0.1, -0.05) is 64.7 Å². The van der Waals surface area contributed by atoms with Crippen molar-refractivity contribution in [3.63, 3.8) is 0 Å². The second-order valence-electron chi connectivity index (χ2n) is 5.24. The lowest BCUT2D eigenvalue weighted by molar-refractivity contribution is -0.137. The molecule has 0 radical (unpaired) electrons. The number of allylic oxidation sites excluding steroid dienone is 1. The number of unbranched alkanes of at least 4 members (excludes halogenated alkanes) is 9. The number of carbonyl (C=O) groups is 1. The average molecular weight is 269 g/mol. The van der Waals surface area contributed by atoms with Gasteiger partial charge in [-0.25, -0.2) is 4.79 Å². The van der Waals surface area contributed by atoms with Gasteiger partial charge in [-0.05, 0) is 13.3 Å². The molecule has 3 nitrogen and oxygen atoms in total. The molecule has 0 unspecified atom stereocenters. The average Bonchev–Trinajstić information content (AvgIpc) is 2.35. The normalized spacial score (nSPS) is 11.6. The molecule has 2 N–H and O–H groups in total. The lowest BCUT2D eigenvalue weighted by Crippen LogP contribution is -2.05. The number of carbonyl (C=O) groups excluding carboxylic acids is 1. The smallest absolute Gasteiger partial charge is 0.332 e. The van der Waals surface area contributed by atoms with Crippen LogP contribution in [0.5, 0.6) is 0 Å². The molecule has 0 aliphatic carbocycles. The number of esters is 1. The van der Waals surface area contributed by atoms with E-state index in [1.165, 1.54) is 57.4 Å². The Bertz CT molecular complexity index is 245. The fraction of sp³-hybridized carbons (Fsp3) is 0.812. The quantitative estimate of drug-likeness (QED) is 0.326. The summed E-state index contributed by atoms with van der Waals surface area (Å²) in [6, 6.07) is 0. The van der Waals surface area contributed by atoms with Crippen molar-refractivity contribution in [3.05, 3.63) is 11.8 Å². The molecule has 0 saturated carbocycles. The van der Waals surface area contributed by atoms with Crippen molar-refractivity contribution < 1.29 is 9.53 Å². The van der Waals surface area contributed by atoms with E-state index in [0.717, 1.165) is 12.8 Å². The Hall–Kier alpha value is -0.990. The van der Waals surface area contributed by atoms with E-state index in [9.17, 15) is 4.79 Å². The lowest BCUT2D eigenvalue weighted by atomic mass is 10.1. The predicted octanol–water partition coefficient (Wildman–Crippen LogP) is 4.31. The van der Waals surface area contributed by atoms with E-state index >= 15 is 0 Å². The molecule has 0 bridgehead atoms. The van der Waals surface area contributed by atoms with E-state index in [2.05, 4.69) is 6.92 Å². The Labute approximate surface area is 118 Å². The van der Waals surface area contributed by atoms with Crippen LogP contribution in [0.4, 0.5) is 0 Å². The Morgan fingerprint density at radius 3 is 1.89 bits per heavy atom.